The minimum absolute atomic E-state index is 0.283. The van der Waals surface area contributed by atoms with Crippen molar-refractivity contribution in [3.63, 3.8) is 0 Å². The lowest BCUT2D eigenvalue weighted by Crippen LogP contribution is -2.35. The van der Waals surface area contributed by atoms with Gasteiger partial charge in [-0.2, -0.15) is 0 Å². The number of nitrogens with one attached hydrogen (secondary N) is 1. The Labute approximate surface area is 128 Å². The van der Waals surface area contributed by atoms with Crippen molar-refractivity contribution in [1.29, 1.82) is 0 Å². The van der Waals surface area contributed by atoms with Crippen LogP contribution < -0.4 is 10.1 Å². The molecule has 0 aliphatic rings. The number of unbranched alkanes of at least 4 members (excludes halogenated alkanes) is 1. The first-order chi connectivity index (χ1) is 10.1. The Morgan fingerprint density at radius 3 is 2.71 bits per heavy atom. The molecular formula is C17H29NO3. The van der Waals surface area contributed by atoms with E-state index in [1.54, 1.807) is 0 Å². The van der Waals surface area contributed by atoms with Crippen LogP contribution in [-0.4, -0.2) is 37.0 Å². The summed E-state index contributed by atoms with van der Waals surface area (Å²) in [5.41, 5.74) is 1.03. The van der Waals surface area contributed by atoms with Gasteiger partial charge in [-0.25, -0.2) is 0 Å². The molecule has 1 rings (SSSR count). The van der Waals surface area contributed by atoms with Crippen LogP contribution in [0.25, 0.3) is 0 Å². The van der Waals surface area contributed by atoms with Crippen LogP contribution in [-0.2, 0) is 11.3 Å². The zero-order valence-corrected chi connectivity index (χ0v) is 13.5. The maximum Gasteiger partial charge on any atom is 0.124 e. The topological polar surface area (TPSA) is 50.7 Å². The number of para-hydroxylation sites is 1. The lowest BCUT2D eigenvalue weighted by molar-refractivity contribution is 0.0962. The van der Waals surface area contributed by atoms with Crippen molar-refractivity contribution in [2.45, 2.75) is 52.4 Å². The number of aliphatic hydroxyl groups is 1. The van der Waals surface area contributed by atoms with Gasteiger partial charge >= 0.3 is 0 Å². The molecule has 4 nitrogen and oxygen atoms in total. The molecule has 1 unspecified atom stereocenters. The van der Waals surface area contributed by atoms with Crippen molar-refractivity contribution in [3.05, 3.63) is 29.8 Å². The third-order valence-corrected chi connectivity index (χ3v) is 3.07. The Morgan fingerprint density at radius 2 is 2.00 bits per heavy atom. The molecule has 1 atom stereocenters. The van der Waals surface area contributed by atoms with Gasteiger partial charge in [0.25, 0.3) is 0 Å². The fourth-order valence-electron chi connectivity index (χ4n) is 1.81. The summed E-state index contributed by atoms with van der Waals surface area (Å²) >= 11 is 0. The highest BCUT2D eigenvalue weighted by Gasteiger charge is 2.08. The fourth-order valence-corrected chi connectivity index (χ4v) is 1.81. The average Bonchev–Trinajstić information content (AvgIpc) is 2.48. The van der Waals surface area contributed by atoms with Gasteiger partial charge in [-0.3, -0.25) is 0 Å². The lowest BCUT2D eigenvalue weighted by atomic mass is 10.2. The van der Waals surface area contributed by atoms with E-state index >= 15 is 0 Å². The van der Waals surface area contributed by atoms with Gasteiger partial charge in [0.15, 0.2) is 0 Å². The molecule has 0 saturated carbocycles. The fraction of sp³-hybridized carbons (Fsp3) is 0.647. The molecule has 0 bridgehead atoms. The summed E-state index contributed by atoms with van der Waals surface area (Å²) < 4.78 is 11.3. The Balaban J connectivity index is 2.39. The summed E-state index contributed by atoms with van der Waals surface area (Å²) in [6.45, 7) is 8.39. The molecule has 0 aliphatic carbocycles. The zero-order valence-electron chi connectivity index (χ0n) is 13.5. The van der Waals surface area contributed by atoms with Gasteiger partial charge in [0, 0.05) is 24.8 Å². The van der Waals surface area contributed by atoms with Gasteiger partial charge in [0.05, 0.1) is 6.61 Å². The Bertz CT molecular complexity index is 382. The molecule has 0 amide bonds. The smallest absolute Gasteiger partial charge is 0.124 e. The number of rotatable bonds is 11. The van der Waals surface area contributed by atoms with Crippen molar-refractivity contribution in [2.24, 2.45) is 0 Å². The quantitative estimate of drug-likeness (QED) is 0.616. The number of hydrogen-bond donors (Lipinski definition) is 2. The van der Waals surface area contributed by atoms with Crippen molar-refractivity contribution in [1.82, 2.24) is 5.32 Å². The van der Waals surface area contributed by atoms with Crippen molar-refractivity contribution in [2.75, 3.05) is 19.8 Å². The Kier molecular flexibility index (Phi) is 9.06. The molecule has 1 aromatic carbocycles. The first-order valence-electron chi connectivity index (χ1n) is 7.83. The monoisotopic (exact) mass is 295 g/mol. The van der Waals surface area contributed by atoms with E-state index in [2.05, 4.69) is 26.1 Å². The molecule has 0 saturated heterocycles. The second-order valence-corrected chi connectivity index (χ2v) is 5.54. The molecule has 0 radical (unpaired) electrons. The molecule has 0 heterocycles. The number of benzene rings is 1. The first kappa shape index (κ1) is 18.0. The van der Waals surface area contributed by atoms with Crippen molar-refractivity contribution < 1.29 is 14.6 Å². The van der Waals surface area contributed by atoms with Crippen LogP contribution in [0.1, 0.15) is 39.2 Å². The minimum Gasteiger partial charge on any atom is -0.490 e. The highest BCUT2D eigenvalue weighted by Crippen LogP contribution is 2.19. The first-order valence-corrected chi connectivity index (χ1v) is 7.83. The Morgan fingerprint density at radius 1 is 1.24 bits per heavy atom. The number of aliphatic hydroxyl groups excluding tert-OH is 1. The van der Waals surface area contributed by atoms with Crippen LogP contribution in [0.5, 0.6) is 5.75 Å². The third kappa shape index (κ3) is 8.05. The van der Waals surface area contributed by atoms with Crippen molar-refractivity contribution >= 4 is 0 Å². The molecule has 120 valence electrons. The molecule has 21 heavy (non-hydrogen) atoms. The highest BCUT2D eigenvalue weighted by atomic mass is 16.5. The van der Waals surface area contributed by atoms with E-state index in [-0.39, 0.29) is 6.61 Å². The van der Waals surface area contributed by atoms with E-state index in [9.17, 15) is 5.11 Å². The second-order valence-electron chi connectivity index (χ2n) is 5.54. The normalized spacial score (nSPS) is 12.6. The van der Waals surface area contributed by atoms with E-state index < -0.39 is 6.10 Å². The van der Waals surface area contributed by atoms with E-state index in [4.69, 9.17) is 9.47 Å². The minimum atomic E-state index is -0.513. The largest absolute Gasteiger partial charge is 0.490 e. The average molecular weight is 295 g/mol. The zero-order chi connectivity index (χ0) is 15.5. The van der Waals surface area contributed by atoms with Crippen LogP contribution >= 0.6 is 0 Å². The van der Waals surface area contributed by atoms with Gasteiger partial charge < -0.3 is 19.9 Å². The summed E-state index contributed by atoms with van der Waals surface area (Å²) in [7, 11) is 0. The molecule has 4 heteroatoms. The summed E-state index contributed by atoms with van der Waals surface area (Å²) in [5.74, 6) is 0.789. The van der Waals surface area contributed by atoms with Gasteiger partial charge in [-0.05, 0) is 12.5 Å². The summed E-state index contributed by atoms with van der Waals surface area (Å²) in [4.78, 5) is 0. The molecule has 0 fully saturated rings. The van der Waals surface area contributed by atoms with Crippen LogP contribution in [0.3, 0.4) is 0 Å². The van der Waals surface area contributed by atoms with E-state index in [1.165, 1.54) is 0 Å². The standard InChI is InChI=1S/C17H29NO3/c1-4-5-10-20-12-15-8-6-7-9-17(15)21-13-16(19)11-18-14(2)3/h6-9,14,16,18-19H,4-5,10-13H2,1-3H3. The molecule has 0 aliphatic heterocycles. The van der Waals surface area contributed by atoms with Crippen LogP contribution in [0.15, 0.2) is 24.3 Å². The van der Waals surface area contributed by atoms with E-state index in [0.717, 1.165) is 30.8 Å². The number of ether oxygens (including phenoxy) is 2. The third-order valence-electron chi connectivity index (χ3n) is 3.07. The Hall–Kier alpha value is -1.10. The van der Waals surface area contributed by atoms with Gasteiger partial charge in [0.1, 0.15) is 18.5 Å². The van der Waals surface area contributed by atoms with Crippen LogP contribution in [0.4, 0.5) is 0 Å². The summed E-state index contributed by atoms with van der Waals surface area (Å²) in [6, 6.07) is 8.19. The highest BCUT2D eigenvalue weighted by molar-refractivity contribution is 5.32. The lowest BCUT2D eigenvalue weighted by Gasteiger charge is -2.16. The maximum absolute atomic E-state index is 9.88. The van der Waals surface area contributed by atoms with Crippen LogP contribution in [0, 0.1) is 0 Å². The van der Waals surface area contributed by atoms with E-state index in [1.807, 2.05) is 24.3 Å². The van der Waals surface area contributed by atoms with Gasteiger partial charge in [-0.15, -0.1) is 0 Å². The number of hydrogen-bond acceptors (Lipinski definition) is 4. The summed E-state index contributed by atoms with van der Waals surface area (Å²) in [6.07, 6.45) is 1.69. The second kappa shape index (κ2) is 10.6. The summed E-state index contributed by atoms with van der Waals surface area (Å²) in [5, 5.41) is 13.1. The molecule has 2 N–H and O–H groups in total. The molecule has 0 spiro atoms. The molecule has 0 aromatic heterocycles. The van der Waals surface area contributed by atoms with Crippen LogP contribution in [0.2, 0.25) is 0 Å². The van der Waals surface area contributed by atoms with E-state index in [0.29, 0.717) is 19.2 Å². The molecular weight excluding hydrogens is 266 g/mol. The predicted molar refractivity (Wildman–Crippen MR) is 85.6 cm³/mol. The van der Waals surface area contributed by atoms with Crippen molar-refractivity contribution in [3.8, 4) is 5.75 Å². The van der Waals surface area contributed by atoms with Gasteiger partial charge in [0.2, 0.25) is 0 Å². The SMILES string of the molecule is CCCCOCc1ccccc1OCC(O)CNC(C)C. The maximum atomic E-state index is 9.88. The predicted octanol–water partition coefficient (Wildman–Crippen LogP) is 2.74. The van der Waals surface area contributed by atoms with Gasteiger partial charge in [-0.1, -0.05) is 45.4 Å². The molecule has 1 aromatic rings.